The van der Waals surface area contributed by atoms with E-state index in [0.29, 0.717) is 18.1 Å². The maximum Gasteiger partial charge on any atom is 0.279 e. The van der Waals surface area contributed by atoms with Gasteiger partial charge in [0.15, 0.2) is 11.5 Å². The maximum absolute atomic E-state index is 12.6. The SMILES string of the molecule is CC(C)(C)c1cc(NC(=O)c2nnn3c2CO[C@@H](c2ccccc2)C3)n[nH]1. The van der Waals surface area contributed by atoms with Crippen molar-refractivity contribution in [2.24, 2.45) is 0 Å². The van der Waals surface area contributed by atoms with Crippen molar-refractivity contribution >= 4 is 11.7 Å². The summed E-state index contributed by atoms with van der Waals surface area (Å²) in [7, 11) is 0. The van der Waals surface area contributed by atoms with Gasteiger partial charge in [-0.25, -0.2) is 4.68 Å². The summed E-state index contributed by atoms with van der Waals surface area (Å²) in [6, 6.07) is 11.8. The molecule has 2 N–H and O–H groups in total. The second-order valence-electron chi connectivity index (χ2n) is 7.65. The smallest absolute Gasteiger partial charge is 0.279 e. The number of benzene rings is 1. The minimum absolute atomic E-state index is 0.0780. The minimum atomic E-state index is -0.343. The van der Waals surface area contributed by atoms with Crippen LogP contribution in [0.2, 0.25) is 0 Å². The van der Waals surface area contributed by atoms with Crippen LogP contribution in [0, 0.1) is 0 Å². The summed E-state index contributed by atoms with van der Waals surface area (Å²) < 4.78 is 7.67. The molecule has 4 rings (SSSR count). The standard InChI is InChI=1S/C19H22N6O2/c1-19(2,3)15-9-16(22-21-15)20-18(26)17-13-11-27-14(10-25(13)24-23-17)12-7-5-4-6-8-12/h4-9,14H,10-11H2,1-3H3,(H2,20,21,22,26)/t14-/m1/s1. The van der Waals surface area contributed by atoms with E-state index >= 15 is 0 Å². The number of hydrogen-bond donors (Lipinski definition) is 2. The average Bonchev–Trinajstić information content (AvgIpc) is 3.28. The van der Waals surface area contributed by atoms with Gasteiger partial charge in [0, 0.05) is 17.2 Å². The summed E-state index contributed by atoms with van der Waals surface area (Å²) in [5.41, 5.74) is 2.88. The van der Waals surface area contributed by atoms with Gasteiger partial charge in [-0.15, -0.1) is 5.10 Å². The molecule has 2 aromatic heterocycles. The maximum atomic E-state index is 12.6. The van der Waals surface area contributed by atoms with Gasteiger partial charge in [0.05, 0.1) is 18.8 Å². The third-order valence-corrected chi connectivity index (χ3v) is 4.61. The molecule has 0 spiro atoms. The Labute approximate surface area is 156 Å². The summed E-state index contributed by atoms with van der Waals surface area (Å²) in [5.74, 6) is 0.121. The molecular formula is C19H22N6O2. The van der Waals surface area contributed by atoms with Crippen molar-refractivity contribution < 1.29 is 9.53 Å². The fraction of sp³-hybridized carbons (Fsp3) is 0.368. The molecule has 0 saturated heterocycles. The Bertz CT molecular complexity index is 954. The van der Waals surface area contributed by atoms with E-state index in [0.717, 1.165) is 11.3 Å². The van der Waals surface area contributed by atoms with Crippen LogP contribution in [0.15, 0.2) is 36.4 Å². The summed E-state index contributed by atoms with van der Waals surface area (Å²) in [6.07, 6.45) is -0.100. The van der Waals surface area contributed by atoms with Crippen LogP contribution in [0.25, 0.3) is 0 Å². The van der Waals surface area contributed by atoms with Crippen LogP contribution >= 0.6 is 0 Å². The lowest BCUT2D eigenvalue weighted by Gasteiger charge is -2.24. The van der Waals surface area contributed by atoms with Crippen molar-refractivity contribution in [2.75, 3.05) is 5.32 Å². The predicted octanol–water partition coefficient (Wildman–Crippen LogP) is 2.82. The first-order valence-electron chi connectivity index (χ1n) is 8.88. The van der Waals surface area contributed by atoms with Gasteiger partial charge < -0.3 is 10.1 Å². The van der Waals surface area contributed by atoms with Crippen molar-refractivity contribution in [3.8, 4) is 0 Å². The third kappa shape index (κ3) is 3.48. The van der Waals surface area contributed by atoms with Crippen LogP contribution in [0.4, 0.5) is 5.82 Å². The lowest BCUT2D eigenvalue weighted by molar-refractivity contribution is -0.00171. The largest absolute Gasteiger partial charge is 0.365 e. The zero-order chi connectivity index (χ0) is 19.0. The van der Waals surface area contributed by atoms with Gasteiger partial charge in [0.2, 0.25) is 0 Å². The van der Waals surface area contributed by atoms with Gasteiger partial charge in [0.25, 0.3) is 5.91 Å². The summed E-state index contributed by atoms with van der Waals surface area (Å²) in [4.78, 5) is 12.6. The summed E-state index contributed by atoms with van der Waals surface area (Å²) >= 11 is 0. The molecule has 8 heteroatoms. The fourth-order valence-corrected chi connectivity index (χ4v) is 3.00. The van der Waals surface area contributed by atoms with Crippen molar-refractivity contribution in [3.63, 3.8) is 0 Å². The lowest BCUT2D eigenvalue weighted by Crippen LogP contribution is -2.24. The number of aromatic amines is 1. The number of ether oxygens (including phenoxy) is 1. The van der Waals surface area contributed by atoms with Crippen molar-refractivity contribution in [1.82, 2.24) is 25.2 Å². The summed E-state index contributed by atoms with van der Waals surface area (Å²) in [6.45, 7) is 7.02. The Balaban J connectivity index is 1.49. The molecule has 0 saturated carbocycles. The zero-order valence-corrected chi connectivity index (χ0v) is 15.6. The van der Waals surface area contributed by atoms with Crippen LogP contribution in [0.5, 0.6) is 0 Å². The molecule has 3 heterocycles. The molecule has 1 aromatic carbocycles. The van der Waals surface area contributed by atoms with Gasteiger partial charge in [-0.3, -0.25) is 9.89 Å². The second-order valence-corrected chi connectivity index (χ2v) is 7.65. The van der Waals surface area contributed by atoms with Crippen LogP contribution < -0.4 is 5.32 Å². The molecule has 27 heavy (non-hydrogen) atoms. The number of nitrogens with zero attached hydrogens (tertiary/aromatic N) is 4. The predicted molar refractivity (Wildman–Crippen MR) is 99.2 cm³/mol. The van der Waals surface area contributed by atoms with Crippen LogP contribution in [-0.2, 0) is 23.3 Å². The molecule has 0 bridgehead atoms. The third-order valence-electron chi connectivity index (χ3n) is 4.61. The molecule has 1 atom stereocenters. The summed E-state index contributed by atoms with van der Waals surface area (Å²) in [5, 5.41) is 18.1. The highest BCUT2D eigenvalue weighted by Crippen LogP contribution is 2.27. The first-order chi connectivity index (χ1) is 12.9. The Morgan fingerprint density at radius 2 is 2.07 bits per heavy atom. The number of H-pyrrole nitrogens is 1. The molecule has 0 unspecified atom stereocenters. The number of carbonyl (C=O) groups excluding carboxylic acids is 1. The molecule has 0 radical (unpaired) electrons. The van der Waals surface area contributed by atoms with Crippen LogP contribution in [-0.4, -0.2) is 31.1 Å². The Morgan fingerprint density at radius 3 is 2.78 bits per heavy atom. The van der Waals surface area contributed by atoms with Crippen molar-refractivity contribution in [3.05, 3.63) is 59.0 Å². The van der Waals surface area contributed by atoms with E-state index in [9.17, 15) is 4.79 Å². The van der Waals surface area contributed by atoms with E-state index in [1.54, 1.807) is 4.68 Å². The first kappa shape index (κ1) is 17.4. The number of hydrogen-bond acceptors (Lipinski definition) is 5. The van der Waals surface area contributed by atoms with E-state index in [-0.39, 0.29) is 29.7 Å². The van der Waals surface area contributed by atoms with Gasteiger partial charge >= 0.3 is 0 Å². The number of nitrogens with one attached hydrogen (secondary N) is 2. The quantitative estimate of drug-likeness (QED) is 0.743. The number of fused-ring (bicyclic) bond motifs is 1. The molecule has 0 fully saturated rings. The monoisotopic (exact) mass is 366 g/mol. The highest BCUT2D eigenvalue weighted by atomic mass is 16.5. The molecule has 3 aromatic rings. The van der Waals surface area contributed by atoms with E-state index < -0.39 is 0 Å². The Hall–Kier alpha value is -3.00. The van der Waals surface area contributed by atoms with Gasteiger partial charge in [-0.1, -0.05) is 56.3 Å². The number of carbonyl (C=O) groups is 1. The van der Waals surface area contributed by atoms with E-state index in [4.69, 9.17) is 4.74 Å². The molecular weight excluding hydrogens is 344 g/mol. The second kappa shape index (κ2) is 6.62. The normalized spacial score (nSPS) is 16.8. The number of amides is 1. The Kier molecular flexibility index (Phi) is 4.27. The molecule has 1 amide bonds. The minimum Gasteiger partial charge on any atom is -0.365 e. The average molecular weight is 366 g/mol. The molecule has 1 aliphatic rings. The lowest BCUT2D eigenvalue weighted by atomic mass is 9.92. The first-order valence-corrected chi connectivity index (χ1v) is 8.88. The van der Waals surface area contributed by atoms with E-state index in [1.165, 1.54) is 0 Å². The molecule has 0 aliphatic carbocycles. The number of anilines is 1. The number of rotatable bonds is 3. The van der Waals surface area contributed by atoms with Crippen LogP contribution in [0.3, 0.4) is 0 Å². The number of aromatic nitrogens is 5. The highest BCUT2D eigenvalue weighted by Gasteiger charge is 2.28. The van der Waals surface area contributed by atoms with Crippen LogP contribution in [0.1, 0.15) is 54.3 Å². The van der Waals surface area contributed by atoms with Gasteiger partial charge in [-0.2, -0.15) is 5.10 Å². The van der Waals surface area contributed by atoms with Crippen molar-refractivity contribution in [1.29, 1.82) is 0 Å². The van der Waals surface area contributed by atoms with E-state index in [2.05, 4.69) is 46.6 Å². The Morgan fingerprint density at radius 1 is 1.30 bits per heavy atom. The van der Waals surface area contributed by atoms with Crippen molar-refractivity contribution in [2.45, 2.75) is 45.4 Å². The van der Waals surface area contributed by atoms with E-state index in [1.807, 2.05) is 36.4 Å². The topological polar surface area (TPSA) is 97.7 Å². The molecule has 140 valence electrons. The molecule has 8 nitrogen and oxygen atoms in total. The van der Waals surface area contributed by atoms with Gasteiger partial charge in [0.1, 0.15) is 6.10 Å². The highest BCUT2D eigenvalue weighted by molar-refractivity contribution is 6.03. The zero-order valence-electron chi connectivity index (χ0n) is 15.6. The fourth-order valence-electron chi connectivity index (χ4n) is 3.00. The van der Waals surface area contributed by atoms with Gasteiger partial charge in [-0.05, 0) is 5.56 Å². The molecule has 1 aliphatic heterocycles.